The minimum absolute atomic E-state index is 0.0937. The van der Waals surface area contributed by atoms with Crippen molar-refractivity contribution in [2.45, 2.75) is 26.5 Å². The first-order valence-electron chi connectivity index (χ1n) is 9.15. The molecule has 1 atom stereocenters. The second kappa shape index (κ2) is 9.49. The molecule has 1 amide bonds. The largest absolute Gasteiger partial charge is 0.454 e. The predicted octanol–water partition coefficient (Wildman–Crippen LogP) is 4.03. The fraction of sp³-hybridized carbons (Fsp3) is 0.238. The number of hydrogen-bond acceptors (Lipinski definition) is 6. The first-order chi connectivity index (χ1) is 14.3. The highest BCUT2D eigenvalue weighted by molar-refractivity contribution is 6.30. The third kappa shape index (κ3) is 5.21. The number of esters is 1. The third-order valence-corrected chi connectivity index (χ3v) is 4.49. The minimum atomic E-state index is -0.976. The van der Waals surface area contributed by atoms with Gasteiger partial charge in [-0.2, -0.15) is 4.98 Å². The van der Waals surface area contributed by atoms with E-state index in [1.165, 1.54) is 24.3 Å². The Morgan fingerprint density at radius 2 is 1.87 bits per heavy atom. The van der Waals surface area contributed by atoms with E-state index in [1.54, 1.807) is 38.1 Å². The summed E-state index contributed by atoms with van der Waals surface area (Å²) in [5.74, 6) is -1.94. The average molecular weight is 432 g/mol. The summed E-state index contributed by atoms with van der Waals surface area (Å²) in [5, 5.41) is 6.93. The molecule has 0 unspecified atom stereocenters. The second-order valence-electron chi connectivity index (χ2n) is 6.80. The smallest absolute Gasteiger partial charge is 0.329 e. The Hall–Kier alpha value is -3.26. The lowest BCUT2D eigenvalue weighted by Gasteiger charge is -2.20. The van der Waals surface area contributed by atoms with Gasteiger partial charge in [-0.05, 0) is 42.3 Å². The molecule has 0 fully saturated rings. The molecule has 0 aliphatic carbocycles. The van der Waals surface area contributed by atoms with Crippen LogP contribution >= 0.6 is 11.6 Å². The number of halogens is 2. The zero-order chi connectivity index (χ0) is 21.7. The molecule has 0 aliphatic rings. The zero-order valence-corrected chi connectivity index (χ0v) is 17.0. The Kier molecular flexibility index (Phi) is 6.79. The Morgan fingerprint density at radius 1 is 1.17 bits per heavy atom. The molecule has 0 bridgehead atoms. The van der Waals surface area contributed by atoms with Crippen molar-refractivity contribution >= 4 is 23.5 Å². The van der Waals surface area contributed by atoms with Gasteiger partial charge in [0.2, 0.25) is 5.82 Å². The number of nitrogens with one attached hydrogen (secondary N) is 1. The molecule has 156 valence electrons. The first-order valence-corrected chi connectivity index (χ1v) is 9.53. The molecule has 3 aromatic rings. The van der Waals surface area contributed by atoms with Gasteiger partial charge in [0.15, 0.2) is 6.61 Å². The molecule has 1 heterocycles. The number of aromatic nitrogens is 2. The van der Waals surface area contributed by atoms with Crippen molar-refractivity contribution in [3.8, 4) is 11.4 Å². The number of hydrogen-bond donors (Lipinski definition) is 1. The molecule has 1 aromatic heterocycles. The van der Waals surface area contributed by atoms with E-state index in [0.717, 1.165) is 0 Å². The summed E-state index contributed by atoms with van der Waals surface area (Å²) >= 11 is 5.86. The van der Waals surface area contributed by atoms with E-state index < -0.39 is 23.7 Å². The van der Waals surface area contributed by atoms with Gasteiger partial charge in [0.1, 0.15) is 11.9 Å². The van der Waals surface area contributed by atoms with Crippen LogP contribution in [0, 0.1) is 11.7 Å². The summed E-state index contributed by atoms with van der Waals surface area (Å²) in [7, 11) is 0. The van der Waals surface area contributed by atoms with E-state index in [9.17, 15) is 14.0 Å². The van der Waals surface area contributed by atoms with E-state index in [2.05, 4.69) is 15.5 Å². The quantitative estimate of drug-likeness (QED) is 0.567. The van der Waals surface area contributed by atoms with Crippen LogP contribution in [0.3, 0.4) is 0 Å². The number of rotatable bonds is 7. The summed E-state index contributed by atoms with van der Waals surface area (Å²) < 4.78 is 24.1. The van der Waals surface area contributed by atoms with Crippen molar-refractivity contribution in [3.05, 3.63) is 70.8 Å². The van der Waals surface area contributed by atoms with Crippen molar-refractivity contribution in [2.75, 3.05) is 0 Å². The van der Waals surface area contributed by atoms with E-state index in [1.807, 2.05) is 0 Å². The maximum absolute atomic E-state index is 13.8. The lowest BCUT2D eigenvalue weighted by Crippen LogP contribution is -2.45. The van der Waals surface area contributed by atoms with Gasteiger partial charge in [0.25, 0.3) is 11.8 Å². The molecule has 1 N–H and O–H groups in total. The highest BCUT2D eigenvalue weighted by Gasteiger charge is 2.27. The van der Waals surface area contributed by atoms with Gasteiger partial charge >= 0.3 is 5.97 Å². The molecule has 9 heteroatoms. The molecule has 0 saturated heterocycles. The number of amides is 1. The highest BCUT2D eigenvalue weighted by atomic mass is 35.5. The van der Waals surface area contributed by atoms with Crippen LogP contribution in [0.25, 0.3) is 11.4 Å². The SMILES string of the molecule is CC(C)[C@H](NC(=O)c1ccccc1F)C(=O)OCc1nc(-c2ccc(Cl)cc2)no1. The van der Waals surface area contributed by atoms with Crippen molar-refractivity contribution in [1.29, 1.82) is 0 Å². The molecule has 2 aromatic carbocycles. The zero-order valence-electron chi connectivity index (χ0n) is 16.3. The van der Waals surface area contributed by atoms with E-state index in [4.69, 9.17) is 20.9 Å². The van der Waals surface area contributed by atoms with Crippen LogP contribution in [0.15, 0.2) is 53.1 Å². The topological polar surface area (TPSA) is 94.3 Å². The molecule has 3 rings (SSSR count). The summed E-state index contributed by atoms with van der Waals surface area (Å²) in [4.78, 5) is 29.0. The van der Waals surface area contributed by atoms with Crippen molar-refractivity contribution in [1.82, 2.24) is 15.5 Å². The number of nitrogens with zero attached hydrogens (tertiary/aromatic N) is 2. The molecular formula is C21H19ClFN3O4. The van der Waals surface area contributed by atoms with Crippen LogP contribution < -0.4 is 5.32 Å². The third-order valence-electron chi connectivity index (χ3n) is 4.23. The summed E-state index contributed by atoms with van der Waals surface area (Å²) in [6.07, 6.45) is 0. The molecule has 0 spiro atoms. The number of carbonyl (C=O) groups is 2. The van der Waals surface area contributed by atoms with Gasteiger partial charge < -0.3 is 14.6 Å². The summed E-state index contributed by atoms with van der Waals surface area (Å²) in [5.41, 5.74) is 0.540. The van der Waals surface area contributed by atoms with Crippen LogP contribution in [0.1, 0.15) is 30.1 Å². The van der Waals surface area contributed by atoms with E-state index in [0.29, 0.717) is 16.4 Å². The summed E-state index contributed by atoms with van der Waals surface area (Å²) in [6, 6.07) is 11.4. The number of benzene rings is 2. The fourth-order valence-corrected chi connectivity index (χ4v) is 2.74. The van der Waals surface area contributed by atoms with Crippen LogP contribution in [-0.2, 0) is 16.1 Å². The standard InChI is InChI=1S/C21H19ClFN3O4/c1-12(2)18(25-20(27)15-5-3-4-6-16(15)23)21(28)29-11-17-24-19(26-30-17)13-7-9-14(22)10-8-13/h3-10,12,18H,11H2,1-2H3,(H,25,27)/t18-/m0/s1. The van der Waals surface area contributed by atoms with Gasteiger partial charge in [0.05, 0.1) is 5.56 Å². The van der Waals surface area contributed by atoms with Crippen LogP contribution in [0.4, 0.5) is 4.39 Å². The molecule has 30 heavy (non-hydrogen) atoms. The first kappa shape index (κ1) is 21.4. The second-order valence-corrected chi connectivity index (χ2v) is 7.24. The van der Waals surface area contributed by atoms with Crippen LogP contribution in [0.5, 0.6) is 0 Å². The average Bonchev–Trinajstić information content (AvgIpc) is 3.19. The summed E-state index contributed by atoms with van der Waals surface area (Å²) in [6.45, 7) is 3.20. The Labute approximate surface area is 177 Å². The maximum Gasteiger partial charge on any atom is 0.329 e. The fourth-order valence-electron chi connectivity index (χ4n) is 2.61. The molecule has 0 radical (unpaired) electrons. The van der Waals surface area contributed by atoms with Gasteiger partial charge in [-0.25, -0.2) is 9.18 Å². The van der Waals surface area contributed by atoms with Crippen LogP contribution in [0.2, 0.25) is 5.02 Å². The van der Waals surface area contributed by atoms with E-state index >= 15 is 0 Å². The normalized spacial score (nSPS) is 11.9. The van der Waals surface area contributed by atoms with Crippen molar-refractivity contribution < 1.29 is 23.2 Å². The minimum Gasteiger partial charge on any atom is -0.454 e. The van der Waals surface area contributed by atoms with Gasteiger partial charge in [0, 0.05) is 10.6 Å². The van der Waals surface area contributed by atoms with Crippen LogP contribution in [-0.4, -0.2) is 28.1 Å². The Morgan fingerprint density at radius 3 is 2.53 bits per heavy atom. The monoisotopic (exact) mass is 431 g/mol. The molecular weight excluding hydrogens is 413 g/mol. The van der Waals surface area contributed by atoms with Crippen molar-refractivity contribution in [2.24, 2.45) is 5.92 Å². The highest BCUT2D eigenvalue weighted by Crippen LogP contribution is 2.19. The van der Waals surface area contributed by atoms with Gasteiger partial charge in [-0.1, -0.05) is 42.7 Å². The lowest BCUT2D eigenvalue weighted by molar-refractivity contribution is -0.149. The molecule has 0 aliphatic heterocycles. The Bertz CT molecular complexity index is 1040. The molecule has 0 saturated carbocycles. The molecule has 7 nitrogen and oxygen atoms in total. The van der Waals surface area contributed by atoms with Gasteiger partial charge in [-0.3, -0.25) is 4.79 Å². The predicted molar refractivity (Wildman–Crippen MR) is 107 cm³/mol. The Balaban J connectivity index is 1.62. The number of ether oxygens (including phenoxy) is 1. The maximum atomic E-state index is 13.8. The number of carbonyl (C=O) groups excluding carboxylic acids is 2. The van der Waals surface area contributed by atoms with Gasteiger partial charge in [-0.15, -0.1) is 0 Å². The lowest BCUT2D eigenvalue weighted by atomic mass is 10.0. The van der Waals surface area contributed by atoms with E-state index in [-0.39, 0.29) is 24.0 Å². The van der Waals surface area contributed by atoms with Crippen molar-refractivity contribution in [3.63, 3.8) is 0 Å².